The molecule has 39 heavy (non-hydrogen) atoms. The van der Waals surface area contributed by atoms with Crippen LogP contribution in [-0.4, -0.2) is 35.3 Å². The second kappa shape index (κ2) is 11.3. The molecule has 3 aromatic carbocycles. The number of rotatable bonds is 7. The van der Waals surface area contributed by atoms with E-state index in [1.54, 1.807) is 24.3 Å². The molecule has 1 fully saturated rings. The lowest BCUT2D eigenvalue weighted by Gasteiger charge is -2.26. The van der Waals surface area contributed by atoms with Crippen LogP contribution in [-0.2, 0) is 14.4 Å². The number of nitro groups is 1. The Bertz CT molecular complexity index is 1550. The number of imide groups is 2. The Balaban J connectivity index is 1.58. The number of anilines is 2. The van der Waals surface area contributed by atoms with Crippen LogP contribution in [0.5, 0.6) is 5.75 Å². The molecule has 0 spiro atoms. The number of aryl methyl sites for hydroxylation is 2. The van der Waals surface area contributed by atoms with Gasteiger partial charge in [0.15, 0.2) is 6.61 Å². The van der Waals surface area contributed by atoms with Crippen molar-refractivity contribution in [1.82, 2.24) is 5.32 Å². The number of ether oxygens (including phenoxy) is 1. The third-order valence-corrected chi connectivity index (χ3v) is 6.20. The van der Waals surface area contributed by atoms with Crippen molar-refractivity contribution in [2.45, 2.75) is 13.8 Å². The van der Waals surface area contributed by atoms with Gasteiger partial charge in [-0.05, 0) is 61.9 Å². The summed E-state index contributed by atoms with van der Waals surface area (Å²) in [5.41, 5.74) is 2.32. The van der Waals surface area contributed by atoms with Crippen molar-refractivity contribution in [1.29, 1.82) is 0 Å². The molecule has 4 rings (SSSR count). The minimum absolute atomic E-state index is 0.0373. The van der Waals surface area contributed by atoms with E-state index in [0.717, 1.165) is 23.3 Å². The van der Waals surface area contributed by atoms with Gasteiger partial charge in [-0.3, -0.25) is 29.8 Å². The summed E-state index contributed by atoms with van der Waals surface area (Å²) in [5.74, 6) is -2.07. The number of nitrogens with one attached hydrogen (secondary N) is 2. The maximum Gasteiger partial charge on any atom is 0.335 e. The molecule has 12 heteroatoms. The zero-order valence-corrected chi connectivity index (χ0v) is 22.3. The van der Waals surface area contributed by atoms with E-state index in [-0.39, 0.29) is 29.3 Å². The van der Waals surface area contributed by atoms with Crippen LogP contribution >= 0.6 is 15.9 Å². The molecule has 0 bridgehead atoms. The summed E-state index contributed by atoms with van der Waals surface area (Å²) < 4.78 is 6.31. The zero-order valence-electron chi connectivity index (χ0n) is 20.7. The summed E-state index contributed by atoms with van der Waals surface area (Å²) in [6, 6.07) is 14.1. The summed E-state index contributed by atoms with van der Waals surface area (Å²) in [6.07, 6.45) is 1.24. The van der Waals surface area contributed by atoms with Gasteiger partial charge in [0.1, 0.15) is 11.3 Å². The van der Waals surface area contributed by atoms with E-state index in [0.29, 0.717) is 20.6 Å². The monoisotopic (exact) mass is 592 g/mol. The van der Waals surface area contributed by atoms with Gasteiger partial charge in [0.05, 0.1) is 10.6 Å². The maximum absolute atomic E-state index is 13.2. The van der Waals surface area contributed by atoms with Crippen LogP contribution in [0.25, 0.3) is 6.08 Å². The van der Waals surface area contributed by atoms with E-state index in [1.165, 1.54) is 18.2 Å². The summed E-state index contributed by atoms with van der Waals surface area (Å²) in [4.78, 5) is 61.8. The van der Waals surface area contributed by atoms with E-state index in [1.807, 2.05) is 26.0 Å². The number of carbonyl (C=O) groups excluding carboxylic acids is 4. The number of nitro benzene ring substituents is 1. The van der Waals surface area contributed by atoms with E-state index < -0.39 is 28.7 Å². The van der Waals surface area contributed by atoms with Gasteiger partial charge in [-0.15, -0.1) is 0 Å². The minimum atomic E-state index is -0.996. The Labute approximate surface area is 230 Å². The number of hydrogen-bond donors (Lipinski definition) is 2. The standard InChI is InChI=1S/C27H21BrN4O7/c1-15-3-9-22(16(2)11-15)29-24(33)14-39-23-10-4-18(28)12-17(23)13-21-25(34)30-27(36)31(26(21)35)19-5-7-20(8-6-19)32(37)38/h3-13H,14H2,1-2H3,(H,29,33)(H,30,34,36)/b21-13-. The second-order valence-corrected chi connectivity index (χ2v) is 9.48. The molecule has 0 saturated carbocycles. The second-order valence-electron chi connectivity index (χ2n) is 8.57. The number of non-ortho nitro benzene ring substituents is 1. The summed E-state index contributed by atoms with van der Waals surface area (Å²) in [6.45, 7) is 3.47. The van der Waals surface area contributed by atoms with Crippen molar-refractivity contribution in [3.8, 4) is 5.75 Å². The van der Waals surface area contributed by atoms with Crippen molar-refractivity contribution in [2.75, 3.05) is 16.8 Å². The third kappa shape index (κ3) is 6.18. The molecule has 0 aromatic heterocycles. The van der Waals surface area contributed by atoms with E-state index in [2.05, 4.69) is 26.6 Å². The number of benzene rings is 3. The van der Waals surface area contributed by atoms with Gasteiger partial charge in [0.2, 0.25) is 0 Å². The van der Waals surface area contributed by atoms with Crippen LogP contribution in [0.2, 0.25) is 0 Å². The molecule has 1 saturated heterocycles. The Morgan fingerprint density at radius 3 is 2.46 bits per heavy atom. The van der Waals surface area contributed by atoms with Crippen molar-refractivity contribution in [2.24, 2.45) is 0 Å². The molecule has 1 aliphatic rings. The molecule has 5 amide bonds. The number of hydrogen-bond acceptors (Lipinski definition) is 7. The predicted molar refractivity (Wildman–Crippen MR) is 146 cm³/mol. The van der Waals surface area contributed by atoms with Crippen LogP contribution in [0.15, 0.2) is 70.7 Å². The maximum atomic E-state index is 13.2. The minimum Gasteiger partial charge on any atom is -0.483 e. The molecule has 2 N–H and O–H groups in total. The first-order valence-electron chi connectivity index (χ1n) is 11.5. The molecule has 0 atom stereocenters. The largest absolute Gasteiger partial charge is 0.483 e. The van der Waals surface area contributed by atoms with E-state index in [4.69, 9.17) is 4.74 Å². The first-order valence-corrected chi connectivity index (χ1v) is 12.3. The highest BCUT2D eigenvalue weighted by Crippen LogP contribution is 2.29. The molecule has 1 heterocycles. The zero-order chi connectivity index (χ0) is 28.3. The first-order chi connectivity index (χ1) is 18.5. The van der Waals surface area contributed by atoms with Gasteiger partial charge < -0.3 is 10.1 Å². The molecule has 11 nitrogen and oxygen atoms in total. The van der Waals surface area contributed by atoms with Crippen LogP contribution < -0.4 is 20.3 Å². The highest BCUT2D eigenvalue weighted by molar-refractivity contribution is 9.10. The third-order valence-electron chi connectivity index (χ3n) is 5.71. The molecular formula is C27H21BrN4O7. The smallest absolute Gasteiger partial charge is 0.335 e. The first kappa shape index (κ1) is 27.2. The number of carbonyl (C=O) groups is 4. The predicted octanol–water partition coefficient (Wildman–Crippen LogP) is 4.66. The lowest BCUT2D eigenvalue weighted by Crippen LogP contribution is -2.54. The van der Waals surface area contributed by atoms with Crippen LogP contribution in [0, 0.1) is 24.0 Å². The fraction of sp³-hybridized carbons (Fsp3) is 0.111. The van der Waals surface area contributed by atoms with E-state index in [9.17, 15) is 29.3 Å². The SMILES string of the molecule is Cc1ccc(NC(=O)COc2ccc(Br)cc2/C=C2/C(=O)NC(=O)N(c3ccc([N+](=O)[O-])cc3)C2=O)c(C)c1. The van der Waals surface area contributed by atoms with Gasteiger partial charge in [0, 0.05) is 27.9 Å². The molecule has 3 aromatic rings. The molecule has 0 radical (unpaired) electrons. The van der Waals surface area contributed by atoms with Crippen molar-refractivity contribution < 1.29 is 28.8 Å². The van der Waals surface area contributed by atoms with Gasteiger partial charge in [-0.25, -0.2) is 9.69 Å². The Morgan fingerprint density at radius 2 is 1.79 bits per heavy atom. The summed E-state index contributed by atoms with van der Waals surface area (Å²) in [7, 11) is 0. The lowest BCUT2D eigenvalue weighted by atomic mass is 10.1. The Kier molecular flexibility index (Phi) is 7.86. The average Bonchev–Trinajstić information content (AvgIpc) is 2.88. The van der Waals surface area contributed by atoms with E-state index >= 15 is 0 Å². The van der Waals surface area contributed by atoms with Gasteiger partial charge in [-0.1, -0.05) is 33.6 Å². The number of halogens is 1. The van der Waals surface area contributed by atoms with Gasteiger partial charge >= 0.3 is 6.03 Å². The lowest BCUT2D eigenvalue weighted by molar-refractivity contribution is -0.384. The van der Waals surface area contributed by atoms with Gasteiger partial charge in [-0.2, -0.15) is 0 Å². The molecular weight excluding hydrogens is 572 g/mol. The molecule has 1 aliphatic heterocycles. The highest BCUT2D eigenvalue weighted by atomic mass is 79.9. The topological polar surface area (TPSA) is 148 Å². The fourth-order valence-corrected chi connectivity index (χ4v) is 4.20. The van der Waals surface area contributed by atoms with Crippen molar-refractivity contribution >= 4 is 62.8 Å². The number of nitrogens with zero attached hydrogens (tertiary/aromatic N) is 2. The quantitative estimate of drug-likeness (QED) is 0.175. The normalized spacial score (nSPS) is 14.3. The fourth-order valence-electron chi connectivity index (χ4n) is 3.82. The van der Waals surface area contributed by atoms with Crippen LogP contribution in [0.3, 0.4) is 0 Å². The summed E-state index contributed by atoms with van der Waals surface area (Å²) >= 11 is 3.34. The Morgan fingerprint density at radius 1 is 1.08 bits per heavy atom. The number of urea groups is 1. The van der Waals surface area contributed by atoms with Crippen molar-refractivity contribution in [3.63, 3.8) is 0 Å². The van der Waals surface area contributed by atoms with Crippen molar-refractivity contribution in [3.05, 3.63) is 97.5 Å². The van der Waals surface area contributed by atoms with Crippen LogP contribution in [0.4, 0.5) is 21.9 Å². The summed E-state index contributed by atoms with van der Waals surface area (Å²) in [5, 5.41) is 15.8. The molecule has 198 valence electrons. The molecule has 0 unspecified atom stereocenters. The number of barbiturate groups is 1. The average molecular weight is 593 g/mol. The molecule has 0 aliphatic carbocycles. The Hall–Kier alpha value is -4.84. The van der Waals surface area contributed by atoms with Gasteiger partial charge in [0.25, 0.3) is 23.4 Å². The number of amides is 5. The highest BCUT2D eigenvalue weighted by Gasteiger charge is 2.37. The van der Waals surface area contributed by atoms with Crippen LogP contribution in [0.1, 0.15) is 16.7 Å².